The molecule has 0 radical (unpaired) electrons. The molecule has 0 aliphatic carbocycles. The second kappa shape index (κ2) is 13.3. The first kappa shape index (κ1) is 33.0. The molecule has 0 N–H and O–H groups in total. The number of rotatable bonds is 12. The minimum Gasteiger partial charge on any atom is -0.432 e. The van der Waals surface area contributed by atoms with E-state index in [1.54, 1.807) is 26.0 Å². The van der Waals surface area contributed by atoms with Gasteiger partial charge in [0.05, 0.1) is 24.6 Å². The van der Waals surface area contributed by atoms with Crippen LogP contribution in [0.25, 0.3) is 52.8 Å². The summed E-state index contributed by atoms with van der Waals surface area (Å²) in [6.07, 6.45) is -7.25. The van der Waals surface area contributed by atoms with E-state index < -0.39 is 36.7 Å². The molecule has 244 valence electrons. The third kappa shape index (κ3) is 7.16. The van der Waals surface area contributed by atoms with Crippen LogP contribution < -0.4 is 9.47 Å². The van der Waals surface area contributed by atoms with Crippen molar-refractivity contribution in [3.05, 3.63) is 84.4 Å². The molecule has 3 aromatic heterocycles. The largest absolute Gasteiger partial charge is 0.432 e. The maximum atomic E-state index is 15.0. The minimum absolute atomic E-state index is 0.222. The van der Waals surface area contributed by atoms with Gasteiger partial charge >= 0.3 is 12.2 Å². The Bertz CT molecular complexity index is 1900. The fourth-order valence-electron chi connectivity index (χ4n) is 5.07. The van der Waals surface area contributed by atoms with Crippen LogP contribution in [0.4, 0.5) is 26.3 Å². The highest BCUT2D eigenvalue weighted by atomic mass is 32.1. The normalized spacial score (nSPS) is 12.2. The van der Waals surface area contributed by atoms with Gasteiger partial charge in [-0.15, -0.1) is 22.7 Å². The summed E-state index contributed by atoms with van der Waals surface area (Å²) in [7, 11) is 0. The van der Waals surface area contributed by atoms with E-state index in [0.717, 1.165) is 44.7 Å². The summed E-state index contributed by atoms with van der Waals surface area (Å²) in [5.74, 6) is -1.85. The van der Waals surface area contributed by atoms with E-state index in [4.69, 9.17) is 9.47 Å². The summed E-state index contributed by atoms with van der Waals surface area (Å²) in [5.41, 5.74) is 3.35. The van der Waals surface area contributed by atoms with Gasteiger partial charge in [-0.3, -0.25) is 0 Å². The summed E-state index contributed by atoms with van der Waals surface area (Å²) < 4.78 is 104. The Kier molecular flexibility index (Phi) is 9.32. The lowest BCUT2D eigenvalue weighted by atomic mass is 10.1. The van der Waals surface area contributed by atoms with E-state index >= 15 is 8.78 Å². The molecule has 0 spiro atoms. The van der Waals surface area contributed by atoms with Crippen molar-refractivity contribution in [3.8, 4) is 53.3 Å². The Morgan fingerprint density at radius 1 is 0.553 bits per heavy atom. The zero-order valence-electron chi connectivity index (χ0n) is 25.0. The van der Waals surface area contributed by atoms with E-state index in [9.17, 15) is 17.6 Å². The summed E-state index contributed by atoms with van der Waals surface area (Å²) in [6.45, 7) is 3.22. The van der Waals surface area contributed by atoms with E-state index in [1.165, 1.54) is 46.9 Å². The molecule has 0 unspecified atom stereocenters. The molecule has 13 heteroatoms. The van der Waals surface area contributed by atoms with Crippen molar-refractivity contribution in [1.29, 1.82) is 0 Å². The van der Waals surface area contributed by atoms with Gasteiger partial charge in [0.15, 0.2) is 0 Å². The molecule has 47 heavy (non-hydrogen) atoms. The second-order valence-electron chi connectivity index (χ2n) is 10.7. The summed E-state index contributed by atoms with van der Waals surface area (Å²) >= 11 is 3.68. The number of nitrogens with zero attached hydrogens (tertiary/aromatic N) is 2. The molecule has 4 nitrogen and oxygen atoms in total. The third-order valence-corrected chi connectivity index (χ3v) is 10.0. The zero-order valence-corrected chi connectivity index (χ0v) is 27.4. The van der Waals surface area contributed by atoms with Gasteiger partial charge in [-0.05, 0) is 61.4 Å². The highest BCUT2D eigenvalue weighted by Crippen LogP contribution is 2.44. The van der Waals surface area contributed by atoms with E-state index in [-0.39, 0.29) is 35.5 Å². The van der Waals surface area contributed by atoms with Gasteiger partial charge in [0.2, 0.25) is 0 Å². The topological polar surface area (TPSA) is 44.2 Å². The van der Waals surface area contributed by atoms with Crippen LogP contribution in [-0.2, 0) is 0 Å². The maximum absolute atomic E-state index is 15.0. The van der Waals surface area contributed by atoms with Gasteiger partial charge in [0, 0.05) is 53.9 Å². The number of hydrogen-bond donors (Lipinski definition) is 0. The molecule has 3 heterocycles. The molecule has 0 aliphatic heterocycles. The Hall–Kier alpha value is -3.94. The lowest BCUT2D eigenvalue weighted by Gasteiger charge is -2.17. The smallest absolute Gasteiger partial charge is 0.397 e. The van der Waals surface area contributed by atoms with Gasteiger partial charge < -0.3 is 9.47 Å². The monoisotopic (exact) mass is 704 g/mol. The third-order valence-electron chi connectivity index (χ3n) is 7.19. The quantitative estimate of drug-likeness (QED) is 0.119. The number of fused-ring (bicyclic) bond motifs is 1. The lowest BCUT2D eigenvalue weighted by Crippen LogP contribution is -2.24. The number of aromatic nitrogens is 2. The lowest BCUT2D eigenvalue weighted by molar-refractivity contribution is -0.181. The molecule has 0 saturated heterocycles. The molecule has 0 amide bonds. The van der Waals surface area contributed by atoms with Crippen molar-refractivity contribution in [1.82, 2.24) is 8.75 Å². The summed E-state index contributed by atoms with van der Waals surface area (Å²) in [5, 5.41) is 0. The molecule has 6 rings (SSSR count). The second-order valence-corrected chi connectivity index (χ2v) is 13.4. The molecule has 6 aromatic rings. The Labute approximate surface area is 278 Å². The predicted octanol–water partition coefficient (Wildman–Crippen LogP) is 12.3. The van der Waals surface area contributed by atoms with E-state index in [2.05, 4.69) is 8.75 Å². The Balaban J connectivity index is 1.25. The molecule has 3 aromatic carbocycles. The van der Waals surface area contributed by atoms with Gasteiger partial charge in [0.1, 0.15) is 34.2 Å². The van der Waals surface area contributed by atoms with Crippen LogP contribution in [-0.4, -0.2) is 21.0 Å². The molecular weight excluding hydrogens is 679 g/mol. The highest BCUT2D eigenvalue weighted by molar-refractivity contribution is 7.19. The maximum Gasteiger partial charge on any atom is 0.397 e. The van der Waals surface area contributed by atoms with Crippen molar-refractivity contribution in [2.45, 2.75) is 51.7 Å². The van der Waals surface area contributed by atoms with Gasteiger partial charge in [-0.1, -0.05) is 26.0 Å². The summed E-state index contributed by atoms with van der Waals surface area (Å²) in [6, 6.07) is 18.4. The fraction of sp³-hybridized carbons (Fsp3) is 0.235. The number of benzene rings is 3. The predicted molar refractivity (Wildman–Crippen MR) is 176 cm³/mol. The minimum atomic E-state index is -3.38. The highest BCUT2D eigenvalue weighted by Gasteiger charge is 2.31. The molecule has 0 fully saturated rings. The SMILES string of the molecule is CCCC(F)(F)Oc1ccc(-c2ccc(-c3ccc(-c4ccc(-c5ccc(OC(F)(F)CCC)cc5F)s4)c4nsnc34)s2)c(F)c1. The fourth-order valence-corrected chi connectivity index (χ4v) is 7.76. The standard InChI is InChI=1S/C34H26F6N2O2S3/c1-3-15-33(37,38)43-19-5-7-21(25(35)17-19)27-11-13-29(45-27)23-9-10-24(32-31(23)41-47-42-32)30-14-12-28(46-30)22-8-6-20(18-26(22)36)44-34(39,40)16-4-2/h5-14,17-18H,3-4,15-16H2,1-2H3. The van der Waals surface area contributed by atoms with Crippen LogP contribution in [0.1, 0.15) is 39.5 Å². The van der Waals surface area contributed by atoms with Crippen LogP contribution in [0.15, 0.2) is 72.8 Å². The summed E-state index contributed by atoms with van der Waals surface area (Å²) in [4.78, 5) is 2.80. The number of hydrogen-bond acceptors (Lipinski definition) is 7. The number of thiophene rings is 2. The van der Waals surface area contributed by atoms with E-state index in [1.807, 2.05) is 24.3 Å². The van der Waals surface area contributed by atoms with Crippen LogP contribution in [0.3, 0.4) is 0 Å². The first-order valence-corrected chi connectivity index (χ1v) is 17.0. The molecule has 0 saturated carbocycles. The van der Waals surface area contributed by atoms with Crippen molar-refractivity contribution in [2.75, 3.05) is 0 Å². The number of alkyl halides is 4. The Morgan fingerprint density at radius 2 is 0.915 bits per heavy atom. The van der Waals surface area contributed by atoms with Crippen molar-refractivity contribution in [2.24, 2.45) is 0 Å². The molecule has 0 bridgehead atoms. The molecule has 0 atom stereocenters. The van der Waals surface area contributed by atoms with Crippen molar-refractivity contribution in [3.63, 3.8) is 0 Å². The average Bonchev–Trinajstić information content (AvgIpc) is 3.78. The molecular formula is C34H26F6N2O2S3. The Morgan fingerprint density at radius 3 is 1.28 bits per heavy atom. The number of halogens is 6. The van der Waals surface area contributed by atoms with E-state index in [0.29, 0.717) is 20.8 Å². The molecule has 0 aliphatic rings. The van der Waals surface area contributed by atoms with Crippen LogP contribution in [0.2, 0.25) is 0 Å². The van der Waals surface area contributed by atoms with Gasteiger partial charge in [-0.2, -0.15) is 26.3 Å². The zero-order chi connectivity index (χ0) is 33.3. The average molecular weight is 705 g/mol. The first-order chi connectivity index (χ1) is 22.5. The van der Waals surface area contributed by atoms with Crippen molar-refractivity contribution < 1.29 is 35.8 Å². The van der Waals surface area contributed by atoms with Crippen LogP contribution in [0.5, 0.6) is 11.5 Å². The first-order valence-electron chi connectivity index (χ1n) is 14.7. The van der Waals surface area contributed by atoms with Gasteiger partial charge in [-0.25, -0.2) is 8.78 Å². The van der Waals surface area contributed by atoms with Crippen molar-refractivity contribution >= 4 is 45.4 Å². The number of ether oxygens (including phenoxy) is 2. The van der Waals surface area contributed by atoms with Crippen LogP contribution in [0, 0.1) is 11.6 Å². The van der Waals surface area contributed by atoms with Gasteiger partial charge in [0.25, 0.3) is 0 Å². The van der Waals surface area contributed by atoms with Crippen LogP contribution >= 0.6 is 34.4 Å².